The monoisotopic (exact) mass is 253 g/mol. The molecule has 0 unspecified atom stereocenters. The number of fused-ring (bicyclic) bond motifs is 1. The van der Waals surface area contributed by atoms with E-state index >= 15 is 0 Å². The average molecular weight is 254 g/mol. The van der Waals surface area contributed by atoms with Crippen molar-refractivity contribution in [2.75, 3.05) is 0 Å². The van der Waals surface area contributed by atoms with Gasteiger partial charge in [-0.2, -0.15) is 0 Å². The maximum atomic E-state index is 11.9. The fourth-order valence-corrected chi connectivity index (χ4v) is 2.22. The molecule has 82 valence electrons. The second-order valence-corrected chi connectivity index (χ2v) is 4.67. The summed E-state index contributed by atoms with van der Waals surface area (Å²) in [6.07, 6.45) is 0. The SMILES string of the molecule is C/C(=C\Cl)SN1C(=O)c2ccccc2C1=O. The standard InChI is InChI=1S/C11H8ClNO2S/c1-7(6-12)16-13-10(14)8-4-2-3-5-9(8)11(13)15/h2-6H,1H3/b7-6+. The Labute approximate surface area is 102 Å². The molecule has 0 aliphatic carbocycles. The Morgan fingerprint density at radius 2 is 1.75 bits per heavy atom. The number of halogens is 1. The van der Waals surface area contributed by atoms with Crippen molar-refractivity contribution in [1.82, 2.24) is 4.31 Å². The molecular formula is C11H8ClNO2S. The van der Waals surface area contributed by atoms with Crippen LogP contribution < -0.4 is 0 Å². The number of amides is 2. The Kier molecular flexibility index (Phi) is 3.03. The van der Waals surface area contributed by atoms with E-state index in [-0.39, 0.29) is 11.8 Å². The molecule has 2 rings (SSSR count). The minimum atomic E-state index is -0.288. The fraction of sp³-hybridized carbons (Fsp3) is 0.0909. The van der Waals surface area contributed by atoms with Gasteiger partial charge in [0.25, 0.3) is 11.8 Å². The van der Waals surface area contributed by atoms with E-state index in [9.17, 15) is 9.59 Å². The Balaban J connectivity index is 2.35. The summed E-state index contributed by atoms with van der Waals surface area (Å²) in [6.45, 7) is 1.74. The lowest BCUT2D eigenvalue weighted by molar-refractivity contribution is 0.0777. The van der Waals surface area contributed by atoms with Crippen molar-refractivity contribution < 1.29 is 9.59 Å². The molecule has 3 nitrogen and oxygen atoms in total. The Hall–Kier alpha value is -1.26. The Morgan fingerprint density at radius 1 is 1.25 bits per heavy atom. The van der Waals surface area contributed by atoms with E-state index in [0.29, 0.717) is 16.0 Å². The number of benzene rings is 1. The topological polar surface area (TPSA) is 37.4 Å². The van der Waals surface area contributed by atoms with Gasteiger partial charge in [0.1, 0.15) is 0 Å². The molecule has 0 saturated carbocycles. The van der Waals surface area contributed by atoms with Gasteiger partial charge in [0.05, 0.1) is 11.1 Å². The van der Waals surface area contributed by atoms with Crippen LogP contribution >= 0.6 is 23.5 Å². The number of carbonyl (C=O) groups excluding carboxylic acids is 2. The highest BCUT2D eigenvalue weighted by Crippen LogP contribution is 2.31. The Bertz CT molecular complexity index is 464. The van der Waals surface area contributed by atoms with Crippen molar-refractivity contribution in [2.24, 2.45) is 0 Å². The zero-order chi connectivity index (χ0) is 11.7. The van der Waals surface area contributed by atoms with Crippen molar-refractivity contribution >= 4 is 35.4 Å². The van der Waals surface area contributed by atoms with Gasteiger partial charge in [-0.25, -0.2) is 4.31 Å². The van der Waals surface area contributed by atoms with Gasteiger partial charge in [-0.05, 0) is 31.0 Å². The lowest BCUT2D eigenvalue weighted by Crippen LogP contribution is -2.21. The van der Waals surface area contributed by atoms with Crippen molar-refractivity contribution in [3.63, 3.8) is 0 Å². The van der Waals surface area contributed by atoms with Gasteiger partial charge in [-0.15, -0.1) is 0 Å². The molecule has 1 heterocycles. The number of nitrogens with zero attached hydrogens (tertiary/aromatic N) is 1. The number of imide groups is 1. The molecule has 2 amide bonds. The van der Waals surface area contributed by atoms with Gasteiger partial charge in [-0.1, -0.05) is 23.7 Å². The quantitative estimate of drug-likeness (QED) is 0.601. The first-order chi connectivity index (χ1) is 7.65. The third-order valence-electron chi connectivity index (χ3n) is 2.15. The summed E-state index contributed by atoms with van der Waals surface area (Å²) in [5.41, 5.74) is 2.23. The molecule has 0 radical (unpaired) electrons. The first-order valence-corrected chi connectivity index (χ1v) is 5.79. The molecule has 16 heavy (non-hydrogen) atoms. The molecule has 0 fully saturated rings. The lowest BCUT2D eigenvalue weighted by atomic mass is 10.1. The van der Waals surface area contributed by atoms with Crippen molar-refractivity contribution in [1.29, 1.82) is 0 Å². The second-order valence-electron chi connectivity index (χ2n) is 3.26. The zero-order valence-electron chi connectivity index (χ0n) is 8.44. The molecule has 1 aromatic rings. The van der Waals surface area contributed by atoms with Crippen molar-refractivity contribution in [3.8, 4) is 0 Å². The van der Waals surface area contributed by atoms with Crippen LogP contribution in [0.3, 0.4) is 0 Å². The maximum absolute atomic E-state index is 11.9. The van der Waals surface area contributed by atoms with Gasteiger partial charge < -0.3 is 0 Å². The fourth-order valence-electron chi connectivity index (χ4n) is 1.41. The predicted molar refractivity (Wildman–Crippen MR) is 64.1 cm³/mol. The molecule has 0 aromatic heterocycles. The summed E-state index contributed by atoms with van der Waals surface area (Å²) in [4.78, 5) is 24.4. The first kappa shape index (κ1) is 11.2. The largest absolute Gasteiger partial charge is 0.272 e. The van der Waals surface area contributed by atoms with Crippen LogP contribution in [-0.2, 0) is 0 Å². The molecule has 5 heteroatoms. The minimum Gasteiger partial charge on any atom is -0.268 e. The summed E-state index contributed by atoms with van der Waals surface area (Å²) in [5.74, 6) is -0.577. The van der Waals surface area contributed by atoms with E-state index in [1.165, 1.54) is 5.54 Å². The third-order valence-corrected chi connectivity index (χ3v) is 3.52. The minimum absolute atomic E-state index is 0.288. The molecular weight excluding hydrogens is 246 g/mol. The first-order valence-electron chi connectivity index (χ1n) is 4.58. The zero-order valence-corrected chi connectivity index (χ0v) is 10.0. The van der Waals surface area contributed by atoms with Crippen LogP contribution in [0.2, 0.25) is 0 Å². The van der Waals surface area contributed by atoms with Crippen LogP contribution in [0.5, 0.6) is 0 Å². The van der Waals surface area contributed by atoms with E-state index in [4.69, 9.17) is 11.6 Å². The molecule has 0 atom stereocenters. The number of hydrogen-bond acceptors (Lipinski definition) is 3. The maximum Gasteiger partial charge on any atom is 0.272 e. The van der Waals surface area contributed by atoms with Crippen LogP contribution in [0.1, 0.15) is 27.6 Å². The second kappa shape index (κ2) is 4.31. The third kappa shape index (κ3) is 1.74. The van der Waals surface area contributed by atoms with Gasteiger partial charge in [-0.3, -0.25) is 9.59 Å². The lowest BCUT2D eigenvalue weighted by Gasteiger charge is -2.11. The summed E-state index contributed by atoms with van der Waals surface area (Å²) in [6, 6.07) is 6.77. The van der Waals surface area contributed by atoms with Crippen molar-refractivity contribution in [2.45, 2.75) is 6.92 Å². The summed E-state index contributed by atoms with van der Waals surface area (Å²) < 4.78 is 1.12. The van der Waals surface area contributed by atoms with E-state index in [1.54, 1.807) is 31.2 Å². The molecule has 0 bridgehead atoms. The highest BCUT2D eigenvalue weighted by atomic mass is 35.5. The molecule has 0 spiro atoms. The van der Waals surface area contributed by atoms with Gasteiger partial charge in [0.15, 0.2) is 0 Å². The number of carbonyl (C=O) groups is 2. The van der Waals surface area contributed by atoms with Crippen LogP contribution in [0.4, 0.5) is 0 Å². The molecule has 1 aliphatic rings. The van der Waals surface area contributed by atoms with E-state index in [0.717, 1.165) is 16.3 Å². The summed E-state index contributed by atoms with van der Waals surface area (Å²) >= 11 is 6.55. The van der Waals surface area contributed by atoms with Crippen LogP contribution in [0.25, 0.3) is 0 Å². The van der Waals surface area contributed by atoms with Crippen LogP contribution in [0, 0.1) is 0 Å². The average Bonchev–Trinajstić information content (AvgIpc) is 2.55. The molecule has 0 N–H and O–H groups in total. The number of rotatable bonds is 2. The molecule has 0 saturated heterocycles. The molecule has 1 aliphatic heterocycles. The number of allylic oxidation sites excluding steroid dienone is 1. The number of hydrogen-bond donors (Lipinski definition) is 0. The highest BCUT2D eigenvalue weighted by molar-refractivity contribution is 8.01. The van der Waals surface area contributed by atoms with Gasteiger partial charge in [0.2, 0.25) is 0 Å². The normalized spacial score (nSPS) is 15.6. The van der Waals surface area contributed by atoms with Crippen LogP contribution in [-0.4, -0.2) is 16.1 Å². The molecule has 1 aromatic carbocycles. The Morgan fingerprint density at radius 3 is 2.19 bits per heavy atom. The van der Waals surface area contributed by atoms with Crippen LogP contribution in [0.15, 0.2) is 34.7 Å². The summed E-state index contributed by atoms with van der Waals surface area (Å²) in [7, 11) is 0. The van der Waals surface area contributed by atoms with Crippen molar-refractivity contribution in [3.05, 3.63) is 45.8 Å². The van der Waals surface area contributed by atoms with E-state index < -0.39 is 0 Å². The van der Waals surface area contributed by atoms with Gasteiger partial charge >= 0.3 is 0 Å². The van der Waals surface area contributed by atoms with E-state index in [1.807, 2.05) is 0 Å². The van der Waals surface area contributed by atoms with E-state index in [2.05, 4.69) is 0 Å². The smallest absolute Gasteiger partial charge is 0.268 e. The highest BCUT2D eigenvalue weighted by Gasteiger charge is 2.35. The van der Waals surface area contributed by atoms with Gasteiger partial charge in [0, 0.05) is 10.4 Å². The predicted octanol–water partition coefficient (Wildman–Crippen LogP) is 3.03. The summed E-state index contributed by atoms with van der Waals surface area (Å²) in [5, 5.41) is 0.